The van der Waals surface area contributed by atoms with Crippen molar-refractivity contribution in [2.75, 3.05) is 11.5 Å². The Morgan fingerprint density at radius 3 is 2.54 bits per heavy atom. The maximum Gasteiger partial charge on any atom is 0.329 e. The first kappa shape index (κ1) is 10.3. The zero-order valence-corrected chi connectivity index (χ0v) is 8.15. The van der Waals surface area contributed by atoms with E-state index in [-0.39, 0.29) is 11.5 Å². The molecule has 0 unspecified atom stereocenters. The quantitative estimate of drug-likeness (QED) is 0.283. The maximum absolute atomic E-state index is 11.1. The second kappa shape index (κ2) is 3.15. The Labute approximate surface area is 76.8 Å². The van der Waals surface area contributed by atoms with Gasteiger partial charge in [-0.25, -0.2) is 19.1 Å². The molecule has 1 aliphatic heterocycles. The number of rotatable bonds is 1. The summed E-state index contributed by atoms with van der Waals surface area (Å²) >= 11 is 0. The Hall–Kier alpha value is -0.820. The third-order valence-corrected chi connectivity index (χ3v) is 3.95. The van der Waals surface area contributed by atoms with Crippen LogP contribution in [0, 0.1) is 0 Å². The van der Waals surface area contributed by atoms with Crippen LogP contribution in [-0.4, -0.2) is 31.5 Å². The minimum atomic E-state index is -2.99. The number of hydrazine groups is 1. The van der Waals surface area contributed by atoms with Crippen LogP contribution in [0.1, 0.15) is 13.3 Å². The first-order chi connectivity index (χ1) is 5.87. The average Bonchev–Trinajstić information content (AvgIpc) is 2.25. The Morgan fingerprint density at radius 2 is 2.15 bits per heavy atom. The molecule has 76 valence electrons. The molecule has 7 heteroatoms. The number of hydrogen-bond donors (Lipinski definition) is 3. The summed E-state index contributed by atoms with van der Waals surface area (Å²) in [4.78, 5) is 10.8. The van der Waals surface area contributed by atoms with Crippen LogP contribution in [0.2, 0.25) is 0 Å². The fourth-order valence-corrected chi connectivity index (χ4v) is 3.51. The summed E-state index contributed by atoms with van der Waals surface area (Å²) in [5.74, 6) is 4.96. The van der Waals surface area contributed by atoms with Gasteiger partial charge in [0.2, 0.25) is 0 Å². The van der Waals surface area contributed by atoms with Crippen LogP contribution in [0.4, 0.5) is 4.79 Å². The molecule has 0 radical (unpaired) electrons. The highest BCUT2D eigenvalue weighted by Gasteiger charge is 2.39. The molecule has 1 rings (SSSR count). The van der Waals surface area contributed by atoms with Crippen molar-refractivity contribution in [2.24, 2.45) is 5.84 Å². The highest BCUT2D eigenvalue weighted by Crippen LogP contribution is 2.22. The molecule has 0 aromatic heterocycles. The lowest BCUT2D eigenvalue weighted by Gasteiger charge is -2.22. The van der Waals surface area contributed by atoms with E-state index in [1.807, 2.05) is 5.43 Å². The van der Waals surface area contributed by atoms with Crippen LogP contribution < -0.4 is 16.6 Å². The predicted molar refractivity (Wildman–Crippen MR) is 47.5 cm³/mol. The van der Waals surface area contributed by atoms with Crippen molar-refractivity contribution in [1.29, 1.82) is 0 Å². The number of carbonyl (C=O) groups excluding carboxylic acids is 1. The molecule has 0 saturated carbocycles. The van der Waals surface area contributed by atoms with Gasteiger partial charge in [-0.1, -0.05) is 0 Å². The van der Waals surface area contributed by atoms with E-state index in [2.05, 4.69) is 5.32 Å². The van der Waals surface area contributed by atoms with Gasteiger partial charge in [0, 0.05) is 0 Å². The van der Waals surface area contributed by atoms with Crippen molar-refractivity contribution in [3.63, 3.8) is 0 Å². The van der Waals surface area contributed by atoms with Crippen LogP contribution in [0.5, 0.6) is 0 Å². The molecule has 1 atom stereocenters. The summed E-state index contributed by atoms with van der Waals surface area (Å²) in [5.41, 5.74) is 1.22. The largest absolute Gasteiger partial charge is 0.331 e. The monoisotopic (exact) mass is 207 g/mol. The highest BCUT2D eigenvalue weighted by atomic mass is 32.2. The molecule has 13 heavy (non-hydrogen) atoms. The molecular formula is C6H13N3O3S. The normalized spacial score (nSPS) is 31.2. The van der Waals surface area contributed by atoms with Crippen LogP contribution >= 0.6 is 0 Å². The lowest BCUT2D eigenvalue weighted by atomic mass is 10.0. The molecular weight excluding hydrogens is 194 g/mol. The van der Waals surface area contributed by atoms with E-state index in [1.165, 1.54) is 0 Å². The molecule has 2 amide bonds. The lowest BCUT2D eigenvalue weighted by Crippen LogP contribution is -2.52. The van der Waals surface area contributed by atoms with Gasteiger partial charge < -0.3 is 5.32 Å². The minimum Gasteiger partial charge on any atom is -0.331 e. The fourth-order valence-electron chi connectivity index (χ4n) is 1.42. The lowest BCUT2D eigenvalue weighted by molar-refractivity contribution is 0.230. The summed E-state index contributed by atoms with van der Waals surface area (Å²) in [6.45, 7) is 1.69. The maximum atomic E-state index is 11.1. The molecule has 0 aromatic carbocycles. The van der Waals surface area contributed by atoms with E-state index >= 15 is 0 Å². The Balaban J connectivity index is 2.65. The average molecular weight is 207 g/mol. The number of hydrogen-bond acceptors (Lipinski definition) is 4. The highest BCUT2D eigenvalue weighted by molar-refractivity contribution is 7.91. The van der Waals surface area contributed by atoms with Crippen molar-refractivity contribution >= 4 is 15.9 Å². The summed E-state index contributed by atoms with van der Waals surface area (Å²) in [7, 11) is -2.99. The van der Waals surface area contributed by atoms with Crippen LogP contribution in [0.25, 0.3) is 0 Å². The Bertz CT molecular complexity index is 313. The molecule has 0 spiro atoms. The van der Waals surface area contributed by atoms with Crippen molar-refractivity contribution < 1.29 is 13.2 Å². The second-order valence-corrected chi connectivity index (χ2v) is 5.69. The standard InChI is InChI=1S/C6H13N3O3S/c1-6(8-5(10)9-7)2-3-13(11,12)4-6/h2-4,7H2,1H3,(H2,8,9,10)/t6-/m1/s1. The number of nitrogens with one attached hydrogen (secondary N) is 2. The van der Waals surface area contributed by atoms with Crippen molar-refractivity contribution in [3.8, 4) is 0 Å². The van der Waals surface area contributed by atoms with Crippen molar-refractivity contribution in [2.45, 2.75) is 18.9 Å². The number of urea groups is 1. The number of amides is 2. The van der Waals surface area contributed by atoms with Gasteiger partial charge in [-0.15, -0.1) is 0 Å². The summed E-state index contributed by atoms with van der Waals surface area (Å²) in [5, 5.41) is 2.51. The number of nitrogens with two attached hydrogens (primary N) is 1. The Kier molecular flexibility index (Phi) is 2.49. The number of sulfone groups is 1. The van der Waals surface area contributed by atoms with Crippen molar-refractivity contribution in [1.82, 2.24) is 10.7 Å². The molecule has 6 nitrogen and oxygen atoms in total. The SMILES string of the molecule is C[C@@]1(NC(=O)NN)CCS(=O)(=O)C1. The van der Waals surface area contributed by atoms with E-state index in [4.69, 9.17) is 5.84 Å². The van der Waals surface area contributed by atoms with E-state index < -0.39 is 21.4 Å². The second-order valence-electron chi connectivity index (χ2n) is 3.50. The zero-order valence-electron chi connectivity index (χ0n) is 7.33. The molecule has 1 heterocycles. The van der Waals surface area contributed by atoms with Gasteiger partial charge in [0.05, 0.1) is 17.0 Å². The van der Waals surface area contributed by atoms with Crippen molar-refractivity contribution in [3.05, 3.63) is 0 Å². The third kappa shape index (κ3) is 2.56. The van der Waals surface area contributed by atoms with E-state index in [0.29, 0.717) is 6.42 Å². The Morgan fingerprint density at radius 1 is 1.54 bits per heavy atom. The van der Waals surface area contributed by atoms with E-state index in [1.54, 1.807) is 6.92 Å². The molecule has 4 N–H and O–H groups in total. The predicted octanol–water partition coefficient (Wildman–Crippen LogP) is -1.26. The first-order valence-corrected chi connectivity index (χ1v) is 5.68. The molecule has 0 aliphatic carbocycles. The summed E-state index contributed by atoms with van der Waals surface area (Å²) < 4.78 is 22.2. The van der Waals surface area contributed by atoms with Gasteiger partial charge in [-0.2, -0.15) is 0 Å². The summed E-state index contributed by atoms with van der Waals surface area (Å²) in [6.07, 6.45) is 0.433. The van der Waals surface area contributed by atoms with Crippen LogP contribution in [0.3, 0.4) is 0 Å². The van der Waals surface area contributed by atoms with Gasteiger partial charge in [-0.3, -0.25) is 5.43 Å². The van der Waals surface area contributed by atoms with Gasteiger partial charge in [0.1, 0.15) is 0 Å². The van der Waals surface area contributed by atoms with Crippen LogP contribution in [0.15, 0.2) is 0 Å². The molecule has 1 fully saturated rings. The minimum absolute atomic E-state index is 0.0204. The zero-order chi connectivity index (χ0) is 10.1. The van der Waals surface area contributed by atoms with E-state index in [0.717, 1.165) is 0 Å². The third-order valence-electron chi connectivity index (χ3n) is 2.05. The fraction of sp³-hybridized carbons (Fsp3) is 0.833. The van der Waals surface area contributed by atoms with Gasteiger partial charge in [0.15, 0.2) is 9.84 Å². The molecule has 1 saturated heterocycles. The van der Waals surface area contributed by atoms with E-state index in [9.17, 15) is 13.2 Å². The summed E-state index contributed by atoms with van der Waals surface area (Å²) in [6, 6.07) is -0.556. The van der Waals surface area contributed by atoms with Gasteiger partial charge >= 0.3 is 6.03 Å². The molecule has 0 bridgehead atoms. The smallest absolute Gasteiger partial charge is 0.329 e. The molecule has 0 aromatic rings. The first-order valence-electron chi connectivity index (χ1n) is 3.86. The number of carbonyl (C=O) groups is 1. The molecule has 1 aliphatic rings. The van der Waals surface area contributed by atoms with Crippen LogP contribution in [-0.2, 0) is 9.84 Å². The topological polar surface area (TPSA) is 101 Å². The van der Waals surface area contributed by atoms with Gasteiger partial charge in [0.25, 0.3) is 0 Å². The van der Waals surface area contributed by atoms with Gasteiger partial charge in [-0.05, 0) is 13.3 Å².